The van der Waals surface area contributed by atoms with Crippen molar-refractivity contribution < 1.29 is 4.79 Å². The lowest BCUT2D eigenvalue weighted by Crippen LogP contribution is -2.32. The van der Waals surface area contributed by atoms with E-state index in [0.29, 0.717) is 0 Å². The van der Waals surface area contributed by atoms with E-state index in [1.54, 1.807) is 6.92 Å². The van der Waals surface area contributed by atoms with Crippen molar-refractivity contribution in [1.82, 2.24) is 0 Å². The normalized spacial score (nSPS) is 12.1. The molecule has 0 fully saturated rings. The maximum absolute atomic E-state index is 11.0. The molecule has 0 aliphatic carbocycles. The second-order valence-corrected chi connectivity index (χ2v) is 2.43. The van der Waals surface area contributed by atoms with Crippen molar-refractivity contribution in [1.29, 1.82) is 0 Å². The maximum Gasteiger partial charge on any atom is 0.164 e. The van der Waals surface area contributed by atoms with Gasteiger partial charge in [0.2, 0.25) is 0 Å². The molecule has 0 spiro atoms. The van der Waals surface area contributed by atoms with Crippen LogP contribution in [0.3, 0.4) is 0 Å². The van der Waals surface area contributed by atoms with Crippen molar-refractivity contribution in [3.8, 4) is 11.8 Å². The van der Waals surface area contributed by atoms with Gasteiger partial charge in [-0.05, 0) is 6.92 Å². The van der Waals surface area contributed by atoms with E-state index in [0.717, 1.165) is 0 Å². The number of carbonyl (C=O) groups excluding carboxylic acids is 1. The van der Waals surface area contributed by atoms with Crippen LogP contribution in [0.15, 0.2) is 0 Å². The summed E-state index contributed by atoms with van der Waals surface area (Å²) in [6.07, 6.45) is 0. The average Bonchev–Trinajstić information content (AvgIpc) is 1.87. The van der Waals surface area contributed by atoms with E-state index >= 15 is 0 Å². The molecule has 56 valence electrons. The molecule has 0 aliphatic rings. The summed E-state index contributed by atoms with van der Waals surface area (Å²) < 4.78 is 0. The smallest absolute Gasteiger partial charge is 0.164 e. The van der Waals surface area contributed by atoms with Gasteiger partial charge in [-0.25, -0.2) is 0 Å². The van der Waals surface area contributed by atoms with E-state index in [1.165, 1.54) is 0 Å². The van der Waals surface area contributed by atoms with Crippen molar-refractivity contribution in [2.24, 2.45) is 11.7 Å². The summed E-state index contributed by atoms with van der Waals surface area (Å²) >= 11 is 0. The Morgan fingerprint density at radius 1 is 1.50 bits per heavy atom. The summed E-state index contributed by atoms with van der Waals surface area (Å²) in [5, 5.41) is 0. The Labute approximate surface area is 61.8 Å². The van der Waals surface area contributed by atoms with Crippen molar-refractivity contribution in [3.05, 3.63) is 0 Å². The standard InChI is InChI=1S/C8H13NO/c1-4-5-7(9)8(10)6(2)3/h6-7H,9H2,1-3H3. The van der Waals surface area contributed by atoms with Crippen molar-refractivity contribution in [2.45, 2.75) is 26.8 Å². The molecule has 0 aromatic heterocycles. The third-order valence-corrected chi connectivity index (χ3v) is 1.18. The Bertz CT molecular complexity index is 173. The molecular weight excluding hydrogens is 126 g/mol. The minimum Gasteiger partial charge on any atom is -0.312 e. The summed E-state index contributed by atoms with van der Waals surface area (Å²) in [5.41, 5.74) is 5.41. The lowest BCUT2D eigenvalue weighted by Gasteiger charge is -2.05. The van der Waals surface area contributed by atoms with E-state index < -0.39 is 6.04 Å². The van der Waals surface area contributed by atoms with E-state index in [1.807, 2.05) is 13.8 Å². The first-order valence-electron chi connectivity index (χ1n) is 3.31. The molecule has 0 saturated carbocycles. The third kappa shape index (κ3) is 2.65. The van der Waals surface area contributed by atoms with E-state index in [4.69, 9.17) is 5.73 Å². The number of ketones is 1. The van der Waals surface area contributed by atoms with Gasteiger partial charge in [-0.1, -0.05) is 19.8 Å². The Hall–Kier alpha value is -0.810. The minimum absolute atomic E-state index is 0.00866. The molecule has 2 N–H and O–H groups in total. The molecule has 1 atom stereocenters. The first-order chi connectivity index (χ1) is 4.59. The van der Waals surface area contributed by atoms with Gasteiger partial charge in [0.15, 0.2) is 5.78 Å². The Morgan fingerprint density at radius 3 is 2.30 bits per heavy atom. The van der Waals surface area contributed by atoms with Crippen molar-refractivity contribution >= 4 is 5.78 Å². The fraction of sp³-hybridized carbons (Fsp3) is 0.625. The van der Waals surface area contributed by atoms with Crippen LogP contribution in [0.25, 0.3) is 0 Å². The number of nitrogens with two attached hydrogens (primary N) is 1. The second-order valence-electron chi connectivity index (χ2n) is 2.43. The number of carbonyl (C=O) groups is 1. The van der Waals surface area contributed by atoms with Crippen LogP contribution in [0.5, 0.6) is 0 Å². The molecule has 0 aromatic carbocycles. The number of rotatable bonds is 2. The largest absolute Gasteiger partial charge is 0.312 e. The molecule has 0 radical (unpaired) electrons. The average molecular weight is 139 g/mol. The van der Waals surface area contributed by atoms with Gasteiger partial charge in [0.25, 0.3) is 0 Å². The molecule has 0 heterocycles. The first-order valence-corrected chi connectivity index (χ1v) is 3.31. The molecule has 0 rings (SSSR count). The second kappa shape index (κ2) is 4.08. The van der Waals surface area contributed by atoms with E-state index in [2.05, 4.69) is 11.8 Å². The van der Waals surface area contributed by atoms with Crippen LogP contribution < -0.4 is 5.73 Å². The van der Waals surface area contributed by atoms with Crippen molar-refractivity contribution in [2.75, 3.05) is 0 Å². The van der Waals surface area contributed by atoms with Gasteiger partial charge in [-0.15, -0.1) is 5.92 Å². The summed E-state index contributed by atoms with van der Waals surface area (Å²) in [4.78, 5) is 11.0. The monoisotopic (exact) mass is 139 g/mol. The van der Waals surface area contributed by atoms with Gasteiger partial charge in [-0.3, -0.25) is 4.79 Å². The molecule has 10 heavy (non-hydrogen) atoms. The van der Waals surface area contributed by atoms with Crippen LogP contribution in [-0.4, -0.2) is 11.8 Å². The number of Topliss-reactive ketones (excluding diaryl/α,β-unsaturated/α-hetero) is 1. The fourth-order valence-electron chi connectivity index (χ4n) is 0.586. The highest BCUT2D eigenvalue weighted by atomic mass is 16.1. The zero-order valence-corrected chi connectivity index (χ0v) is 6.64. The van der Waals surface area contributed by atoms with Crippen LogP contribution in [0.1, 0.15) is 20.8 Å². The zero-order chi connectivity index (χ0) is 8.15. The van der Waals surface area contributed by atoms with Crippen LogP contribution in [-0.2, 0) is 4.79 Å². The highest BCUT2D eigenvalue weighted by Crippen LogP contribution is 1.96. The van der Waals surface area contributed by atoms with Gasteiger partial charge >= 0.3 is 0 Å². The third-order valence-electron chi connectivity index (χ3n) is 1.18. The van der Waals surface area contributed by atoms with E-state index in [-0.39, 0.29) is 11.7 Å². The summed E-state index contributed by atoms with van der Waals surface area (Å²) in [6, 6.07) is -0.593. The fourth-order valence-corrected chi connectivity index (χ4v) is 0.586. The van der Waals surface area contributed by atoms with Crippen LogP contribution >= 0.6 is 0 Å². The summed E-state index contributed by atoms with van der Waals surface area (Å²) in [7, 11) is 0. The van der Waals surface area contributed by atoms with Gasteiger partial charge in [0, 0.05) is 5.92 Å². The molecule has 0 saturated heterocycles. The quantitative estimate of drug-likeness (QED) is 0.568. The topological polar surface area (TPSA) is 43.1 Å². The minimum atomic E-state index is -0.593. The molecule has 2 heteroatoms. The van der Waals surface area contributed by atoms with Gasteiger partial charge < -0.3 is 5.73 Å². The molecule has 0 aromatic rings. The summed E-state index contributed by atoms with van der Waals surface area (Å²) in [5.74, 6) is 5.20. The number of hydrogen-bond acceptors (Lipinski definition) is 2. The zero-order valence-electron chi connectivity index (χ0n) is 6.64. The molecule has 0 amide bonds. The molecular formula is C8H13NO. The first kappa shape index (κ1) is 9.19. The highest BCUT2D eigenvalue weighted by Gasteiger charge is 2.13. The molecule has 0 aliphatic heterocycles. The Kier molecular flexibility index (Phi) is 3.75. The van der Waals surface area contributed by atoms with Crippen LogP contribution in [0.2, 0.25) is 0 Å². The number of hydrogen-bond donors (Lipinski definition) is 1. The SMILES string of the molecule is CC#CC(N)C(=O)C(C)C. The predicted molar refractivity (Wildman–Crippen MR) is 41.3 cm³/mol. The molecule has 2 nitrogen and oxygen atoms in total. The Morgan fingerprint density at radius 2 is 2.00 bits per heavy atom. The van der Waals surface area contributed by atoms with Crippen LogP contribution in [0.4, 0.5) is 0 Å². The molecule has 1 unspecified atom stereocenters. The van der Waals surface area contributed by atoms with Gasteiger partial charge in [0.1, 0.15) is 6.04 Å². The van der Waals surface area contributed by atoms with Gasteiger partial charge in [-0.2, -0.15) is 0 Å². The van der Waals surface area contributed by atoms with E-state index in [9.17, 15) is 4.79 Å². The van der Waals surface area contributed by atoms with Crippen molar-refractivity contribution in [3.63, 3.8) is 0 Å². The lowest BCUT2D eigenvalue weighted by atomic mass is 10.0. The predicted octanol–water partition coefficient (Wildman–Crippen LogP) is 0.562. The highest BCUT2D eigenvalue weighted by molar-refractivity contribution is 5.88. The Balaban J connectivity index is 4.04. The summed E-state index contributed by atoms with van der Waals surface area (Å²) in [6.45, 7) is 5.31. The van der Waals surface area contributed by atoms with Crippen LogP contribution in [0, 0.1) is 17.8 Å². The lowest BCUT2D eigenvalue weighted by molar-refractivity contribution is -0.121. The molecule has 0 bridgehead atoms. The maximum atomic E-state index is 11.0. The van der Waals surface area contributed by atoms with Gasteiger partial charge in [0.05, 0.1) is 0 Å².